The van der Waals surface area contributed by atoms with Crippen LogP contribution in [0.2, 0.25) is 5.02 Å². The summed E-state index contributed by atoms with van der Waals surface area (Å²) >= 11 is 5.83. The third kappa shape index (κ3) is 2.04. The van der Waals surface area contributed by atoms with Gasteiger partial charge in [-0.3, -0.25) is 0 Å². The van der Waals surface area contributed by atoms with Crippen LogP contribution in [0.4, 0.5) is 0 Å². The molecule has 0 amide bonds. The lowest BCUT2D eigenvalue weighted by molar-refractivity contribution is 0.529. The third-order valence-corrected chi connectivity index (χ3v) is 2.89. The Labute approximate surface area is 84.1 Å². The van der Waals surface area contributed by atoms with E-state index in [9.17, 15) is 0 Å². The number of hydrogen-bond acceptors (Lipinski definition) is 1. The van der Waals surface area contributed by atoms with Gasteiger partial charge in [-0.25, -0.2) is 0 Å². The number of halogens is 1. The predicted octanol–water partition coefficient (Wildman–Crippen LogP) is 3.01. The smallest absolute Gasteiger partial charge is 0.0406 e. The van der Waals surface area contributed by atoms with E-state index in [1.165, 1.54) is 18.4 Å². The van der Waals surface area contributed by atoms with Gasteiger partial charge < -0.3 is 5.32 Å². The van der Waals surface area contributed by atoms with Crippen molar-refractivity contribution in [1.82, 2.24) is 5.32 Å². The average Bonchev–Trinajstić information content (AvgIpc) is 2.93. The van der Waals surface area contributed by atoms with E-state index in [4.69, 9.17) is 11.6 Å². The second-order valence-electron chi connectivity index (χ2n) is 3.66. The molecule has 1 aliphatic carbocycles. The molecule has 0 radical (unpaired) electrons. The summed E-state index contributed by atoms with van der Waals surface area (Å²) < 4.78 is 0. The molecule has 1 nitrogen and oxygen atoms in total. The summed E-state index contributed by atoms with van der Waals surface area (Å²) in [6.07, 6.45) is 2.71. The maximum Gasteiger partial charge on any atom is 0.0406 e. The maximum absolute atomic E-state index is 5.83. The van der Waals surface area contributed by atoms with E-state index >= 15 is 0 Å². The lowest BCUT2D eigenvalue weighted by Crippen LogP contribution is -2.17. The van der Waals surface area contributed by atoms with Gasteiger partial charge in [0.05, 0.1) is 0 Å². The van der Waals surface area contributed by atoms with Crippen molar-refractivity contribution >= 4 is 11.6 Å². The van der Waals surface area contributed by atoms with Crippen molar-refractivity contribution in [2.75, 3.05) is 7.05 Å². The van der Waals surface area contributed by atoms with Crippen LogP contribution in [-0.2, 0) is 0 Å². The fourth-order valence-electron chi connectivity index (χ4n) is 1.77. The van der Waals surface area contributed by atoms with Crippen molar-refractivity contribution in [3.8, 4) is 0 Å². The van der Waals surface area contributed by atoms with Crippen LogP contribution in [0.5, 0.6) is 0 Å². The first kappa shape index (κ1) is 9.04. The van der Waals surface area contributed by atoms with Gasteiger partial charge in [0.1, 0.15) is 0 Å². The summed E-state index contributed by atoms with van der Waals surface area (Å²) in [5.41, 5.74) is 1.36. The van der Waals surface area contributed by atoms with Crippen molar-refractivity contribution in [1.29, 1.82) is 0 Å². The van der Waals surface area contributed by atoms with Crippen LogP contribution in [0.25, 0.3) is 0 Å². The molecular formula is C11H14ClN. The Morgan fingerprint density at radius 3 is 2.38 bits per heavy atom. The minimum Gasteiger partial charge on any atom is -0.313 e. The molecule has 1 fully saturated rings. The van der Waals surface area contributed by atoms with E-state index in [0.717, 1.165) is 10.9 Å². The summed E-state index contributed by atoms with van der Waals surface area (Å²) in [6.45, 7) is 0. The maximum atomic E-state index is 5.83. The number of rotatable bonds is 3. The standard InChI is InChI=1S/C11H14ClN/c1-13-11(8-2-3-8)9-4-6-10(12)7-5-9/h4-8,11,13H,2-3H2,1H3/t11-/m0/s1. The number of benzene rings is 1. The highest BCUT2D eigenvalue weighted by Crippen LogP contribution is 2.40. The summed E-state index contributed by atoms with van der Waals surface area (Å²) in [7, 11) is 2.03. The summed E-state index contributed by atoms with van der Waals surface area (Å²) in [5.74, 6) is 0.839. The monoisotopic (exact) mass is 195 g/mol. The highest BCUT2D eigenvalue weighted by Gasteiger charge is 2.30. The minimum absolute atomic E-state index is 0.525. The largest absolute Gasteiger partial charge is 0.313 e. The Hall–Kier alpha value is -0.530. The molecule has 70 valence electrons. The Kier molecular flexibility index (Phi) is 2.56. The van der Waals surface area contributed by atoms with Crippen LogP contribution < -0.4 is 5.32 Å². The zero-order chi connectivity index (χ0) is 9.26. The molecule has 1 aromatic rings. The van der Waals surface area contributed by atoms with Gasteiger partial charge in [-0.1, -0.05) is 23.7 Å². The van der Waals surface area contributed by atoms with E-state index in [1.54, 1.807) is 0 Å². The summed E-state index contributed by atoms with van der Waals surface area (Å²) in [4.78, 5) is 0. The van der Waals surface area contributed by atoms with Gasteiger partial charge in [0.15, 0.2) is 0 Å². The molecule has 0 saturated heterocycles. The fourth-order valence-corrected chi connectivity index (χ4v) is 1.90. The summed E-state index contributed by atoms with van der Waals surface area (Å²) in [6, 6.07) is 8.67. The third-order valence-electron chi connectivity index (χ3n) is 2.63. The van der Waals surface area contributed by atoms with Gasteiger partial charge in [-0.05, 0) is 43.5 Å². The molecular weight excluding hydrogens is 182 g/mol. The molecule has 0 aromatic heterocycles. The van der Waals surface area contributed by atoms with Crippen LogP contribution in [0.15, 0.2) is 24.3 Å². The van der Waals surface area contributed by atoms with E-state index in [-0.39, 0.29) is 0 Å². The molecule has 0 bridgehead atoms. The summed E-state index contributed by atoms with van der Waals surface area (Å²) in [5, 5.41) is 4.17. The fraction of sp³-hybridized carbons (Fsp3) is 0.455. The minimum atomic E-state index is 0.525. The van der Waals surface area contributed by atoms with Gasteiger partial charge in [-0.2, -0.15) is 0 Å². The van der Waals surface area contributed by atoms with Crippen LogP contribution in [0.3, 0.4) is 0 Å². The van der Waals surface area contributed by atoms with Crippen molar-refractivity contribution in [3.63, 3.8) is 0 Å². The molecule has 0 heterocycles. The SMILES string of the molecule is CN[C@H](c1ccc(Cl)cc1)C1CC1. The van der Waals surface area contributed by atoms with Crippen LogP contribution >= 0.6 is 11.6 Å². The molecule has 1 saturated carbocycles. The van der Waals surface area contributed by atoms with E-state index < -0.39 is 0 Å². The predicted molar refractivity (Wildman–Crippen MR) is 56.0 cm³/mol. The number of hydrogen-bond donors (Lipinski definition) is 1. The molecule has 0 aliphatic heterocycles. The van der Waals surface area contributed by atoms with Gasteiger partial charge in [0.2, 0.25) is 0 Å². The molecule has 0 unspecified atom stereocenters. The van der Waals surface area contributed by atoms with Crippen molar-refractivity contribution < 1.29 is 0 Å². The first-order valence-corrected chi connectivity index (χ1v) is 5.12. The molecule has 2 rings (SSSR count). The number of nitrogens with one attached hydrogen (secondary N) is 1. The molecule has 13 heavy (non-hydrogen) atoms. The van der Waals surface area contributed by atoms with E-state index in [1.807, 2.05) is 19.2 Å². The molecule has 0 spiro atoms. The van der Waals surface area contributed by atoms with Crippen LogP contribution in [0.1, 0.15) is 24.4 Å². The molecule has 1 atom stereocenters. The van der Waals surface area contributed by atoms with Gasteiger partial charge in [0.25, 0.3) is 0 Å². The Morgan fingerprint density at radius 1 is 1.31 bits per heavy atom. The Balaban J connectivity index is 2.17. The average molecular weight is 196 g/mol. The quantitative estimate of drug-likeness (QED) is 0.782. The van der Waals surface area contributed by atoms with Crippen molar-refractivity contribution in [2.24, 2.45) is 5.92 Å². The lowest BCUT2D eigenvalue weighted by Gasteiger charge is -2.15. The Morgan fingerprint density at radius 2 is 1.92 bits per heavy atom. The van der Waals surface area contributed by atoms with Crippen molar-refractivity contribution in [3.05, 3.63) is 34.9 Å². The lowest BCUT2D eigenvalue weighted by atomic mass is 10.0. The molecule has 2 heteroatoms. The highest BCUT2D eigenvalue weighted by molar-refractivity contribution is 6.30. The van der Waals surface area contributed by atoms with Crippen LogP contribution in [0, 0.1) is 5.92 Å². The van der Waals surface area contributed by atoms with Gasteiger partial charge in [0, 0.05) is 11.1 Å². The van der Waals surface area contributed by atoms with E-state index in [2.05, 4.69) is 17.4 Å². The molecule has 1 N–H and O–H groups in total. The van der Waals surface area contributed by atoms with E-state index in [0.29, 0.717) is 6.04 Å². The molecule has 1 aromatic carbocycles. The van der Waals surface area contributed by atoms with Gasteiger partial charge >= 0.3 is 0 Å². The van der Waals surface area contributed by atoms with Crippen molar-refractivity contribution in [2.45, 2.75) is 18.9 Å². The first-order chi connectivity index (χ1) is 6.31. The van der Waals surface area contributed by atoms with Crippen LogP contribution in [-0.4, -0.2) is 7.05 Å². The normalized spacial score (nSPS) is 18.6. The topological polar surface area (TPSA) is 12.0 Å². The Bertz CT molecular complexity index is 277. The second-order valence-corrected chi connectivity index (χ2v) is 4.09. The first-order valence-electron chi connectivity index (χ1n) is 4.74. The second kappa shape index (κ2) is 3.69. The van der Waals surface area contributed by atoms with Gasteiger partial charge in [-0.15, -0.1) is 0 Å². The molecule has 1 aliphatic rings. The highest BCUT2D eigenvalue weighted by atomic mass is 35.5. The zero-order valence-electron chi connectivity index (χ0n) is 7.76. The zero-order valence-corrected chi connectivity index (χ0v) is 8.51.